The molecule has 0 aliphatic carbocycles. The molecular weight excluding hydrogens is 262 g/mol. The van der Waals surface area contributed by atoms with Crippen LogP contribution in [0.15, 0.2) is 35.4 Å². The van der Waals surface area contributed by atoms with Gasteiger partial charge in [-0.25, -0.2) is 13.1 Å². The lowest BCUT2D eigenvalue weighted by Crippen LogP contribution is -2.27. The molecule has 1 atom stereocenters. The minimum Gasteiger partial charge on any atom is -0.281 e. The van der Waals surface area contributed by atoms with E-state index in [-0.39, 0.29) is 10.9 Å². The van der Waals surface area contributed by atoms with Crippen LogP contribution in [0, 0.1) is 13.8 Å². The van der Waals surface area contributed by atoms with Gasteiger partial charge in [-0.2, -0.15) is 5.10 Å². The standard InChI is InChI=1S/C13H17N3O2S/c1-9-6-4-5-7-12(9)10(2)16-19(17,18)13-8-14-15-11(13)3/h4-8,10,16H,1-3H3,(H,14,15). The Morgan fingerprint density at radius 1 is 1.26 bits per heavy atom. The number of aromatic nitrogens is 2. The summed E-state index contributed by atoms with van der Waals surface area (Å²) >= 11 is 0. The Bertz CT molecular complexity index is 677. The SMILES string of the molecule is Cc1ccccc1C(C)NS(=O)(=O)c1cn[nH]c1C. The highest BCUT2D eigenvalue weighted by Gasteiger charge is 2.22. The maximum absolute atomic E-state index is 12.2. The van der Waals surface area contributed by atoms with Crippen molar-refractivity contribution in [2.45, 2.75) is 31.7 Å². The van der Waals surface area contributed by atoms with Crippen LogP contribution in [-0.2, 0) is 10.0 Å². The smallest absolute Gasteiger partial charge is 0.244 e. The number of nitrogens with one attached hydrogen (secondary N) is 2. The second-order valence-electron chi connectivity index (χ2n) is 4.56. The molecule has 6 heteroatoms. The molecule has 2 N–H and O–H groups in total. The Hall–Kier alpha value is -1.66. The minimum absolute atomic E-state index is 0.188. The van der Waals surface area contributed by atoms with Crippen LogP contribution in [-0.4, -0.2) is 18.6 Å². The Morgan fingerprint density at radius 2 is 1.95 bits per heavy atom. The molecule has 1 aromatic heterocycles. The third-order valence-electron chi connectivity index (χ3n) is 3.06. The molecule has 2 rings (SSSR count). The minimum atomic E-state index is -3.56. The molecule has 1 unspecified atom stereocenters. The molecule has 0 radical (unpaired) electrons. The van der Waals surface area contributed by atoms with Crippen molar-refractivity contribution in [3.8, 4) is 0 Å². The molecule has 1 heterocycles. The molecule has 19 heavy (non-hydrogen) atoms. The molecule has 0 fully saturated rings. The van der Waals surface area contributed by atoms with Crippen LogP contribution in [0.4, 0.5) is 0 Å². The van der Waals surface area contributed by atoms with Crippen LogP contribution in [0.25, 0.3) is 0 Å². The van der Waals surface area contributed by atoms with Crippen molar-refractivity contribution >= 4 is 10.0 Å². The topological polar surface area (TPSA) is 74.8 Å². The van der Waals surface area contributed by atoms with E-state index in [0.29, 0.717) is 5.69 Å². The Morgan fingerprint density at radius 3 is 2.53 bits per heavy atom. The predicted molar refractivity (Wildman–Crippen MR) is 73.2 cm³/mol. The van der Waals surface area contributed by atoms with Gasteiger partial charge in [-0.1, -0.05) is 24.3 Å². The van der Waals surface area contributed by atoms with Gasteiger partial charge in [0.25, 0.3) is 0 Å². The van der Waals surface area contributed by atoms with Crippen molar-refractivity contribution in [2.24, 2.45) is 0 Å². The van der Waals surface area contributed by atoms with Crippen molar-refractivity contribution in [2.75, 3.05) is 0 Å². The van der Waals surface area contributed by atoms with Gasteiger partial charge in [-0.3, -0.25) is 5.10 Å². The average Bonchev–Trinajstić information content (AvgIpc) is 2.76. The van der Waals surface area contributed by atoms with E-state index in [1.54, 1.807) is 6.92 Å². The highest BCUT2D eigenvalue weighted by molar-refractivity contribution is 7.89. The Labute approximate surface area is 113 Å². The van der Waals surface area contributed by atoms with Gasteiger partial charge < -0.3 is 0 Å². The first kappa shape index (κ1) is 13.8. The van der Waals surface area contributed by atoms with Crippen LogP contribution >= 0.6 is 0 Å². The van der Waals surface area contributed by atoms with E-state index in [0.717, 1.165) is 11.1 Å². The van der Waals surface area contributed by atoms with E-state index in [1.807, 2.05) is 38.1 Å². The molecule has 0 aliphatic rings. The fraction of sp³-hybridized carbons (Fsp3) is 0.308. The summed E-state index contributed by atoms with van der Waals surface area (Å²) in [5.41, 5.74) is 2.55. The molecule has 0 spiro atoms. The third kappa shape index (κ3) is 2.85. The van der Waals surface area contributed by atoms with Gasteiger partial charge in [0.2, 0.25) is 10.0 Å². The second-order valence-corrected chi connectivity index (χ2v) is 6.24. The van der Waals surface area contributed by atoms with Gasteiger partial charge in [0.15, 0.2) is 0 Å². The second kappa shape index (κ2) is 5.14. The molecule has 1 aromatic carbocycles. The van der Waals surface area contributed by atoms with Crippen molar-refractivity contribution in [3.05, 3.63) is 47.3 Å². The zero-order valence-corrected chi connectivity index (χ0v) is 12.0. The number of H-pyrrole nitrogens is 1. The highest BCUT2D eigenvalue weighted by atomic mass is 32.2. The molecule has 5 nitrogen and oxygen atoms in total. The molecule has 0 saturated carbocycles. The number of hydrogen-bond acceptors (Lipinski definition) is 3. The fourth-order valence-corrected chi connectivity index (χ4v) is 3.40. The maximum atomic E-state index is 12.2. The highest BCUT2D eigenvalue weighted by Crippen LogP contribution is 2.20. The molecule has 0 amide bonds. The Kier molecular flexibility index (Phi) is 3.73. The summed E-state index contributed by atoms with van der Waals surface area (Å²) < 4.78 is 27.1. The van der Waals surface area contributed by atoms with Crippen molar-refractivity contribution in [3.63, 3.8) is 0 Å². The number of nitrogens with zero attached hydrogens (tertiary/aromatic N) is 1. The molecule has 102 valence electrons. The predicted octanol–water partition coefficient (Wildman–Crippen LogP) is 2.07. The van der Waals surface area contributed by atoms with Gasteiger partial charge >= 0.3 is 0 Å². The summed E-state index contributed by atoms with van der Waals surface area (Å²) in [7, 11) is -3.56. The third-order valence-corrected chi connectivity index (χ3v) is 4.71. The number of aromatic amines is 1. The van der Waals surface area contributed by atoms with Crippen LogP contribution in [0.1, 0.15) is 29.8 Å². The number of rotatable bonds is 4. The normalized spacial score (nSPS) is 13.4. The lowest BCUT2D eigenvalue weighted by molar-refractivity contribution is 0.566. The van der Waals surface area contributed by atoms with E-state index in [9.17, 15) is 8.42 Å². The summed E-state index contributed by atoms with van der Waals surface area (Å²) in [6.45, 7) is 5.47. The van der Waals surface area contributed by atoms with E-state index in [2.05, 4.69) is 14.9 Å². The van der Waals surface area contributed by atoms with Crippen LogP contribution < -0.4 is 4.72 Å². The number of sulfonamides is 1. The van der Waals surface area contributed by atoms with Gasteiger partial charge in [-0.15, -0.1) is 0 Å². The first-order valence-electron chi connectivity index (χ1n) is 5.99. The van der Waals surface area contributed by atoms with E-state index in [1.165, 1.54) is 6.20 Å². The van der Waals surface area contributed by atoms with E-state index >= 15 is 0 Å². The van der Waals surface area contributed by atoms with Crippen LogP contribution in [0.3, 0.4) is 0 Å². The molecule has 0 aliphatic heterocycles. The van der Waals surface area contributed by atoms with Crippen LogP contribution in [0.2, 0.25) is 0 Å². The lowest BCUT2D eigenvalue weighted by Gasteiger charge is -2.16. The van der Waals surface area contributed by atoms with Gasteiger partial charge in [0.1, 0.15) is 4.90 Å². The van der Waals surface area contributed by atoms with Crippen molar-refractivity contribution < 1.29 is 8.42 Å². The molecule has 2 aromatic rings. The fourth-order valence-electron chi connectivity index (χ4n) is 2.04. The zero-order valence-electron chi connectivity index (χ0n) is 11.1. The molecule has 0 bridgehead atoms. The number of benzene rings is 1. The Balaban J connectivity index is 2.27. The van der Waals surface area contributed by atoms with Gasteiger partial charge in [0, 0.05) is 6.04 Å². The van der Waals surface area contributed by atoms with Crippen molar-refractivity contribution in [1.29, 1.82) is 0 Å². The first-order valence-corrected chi connectivity index (χ1v) is 7.48. The van der Waals surface area contributed by atoms with Crippen LogP contribution in [0.5, 0.6) is 0 Å². The number of aryl methyl sites for hydroxylation is 2. The zero-order chi connectivity index (χ0) is 14.0. The maximum Gasteiger partial charge on any atom is 0.244 e. The number of hydrogen-bond donors (Lipinski definition) is 2. The lowest BCUT2D eigenvalue weighted by atomic mass is 10.0. The summed E-state index contributed by atoms with van der Waals surface area (Å²) in [6.07, 6.45) is 1.32. The monoisotopic (exact) mass is 279 g/mol. The van der Waals surface area contributed by atoms with E-state index < -0.39 is 10.0 Å². The largest absolute Gasteiger partial charge is 0.281 e. The summed E-state index contributed by atoms with van der Waals surface area (Å²) in [4.78, 5) is 0.188. The summed E-state index contributed by atoms with van der Waals surface area (Å²) in [6, 6.07) is 7.42. The molecule has 0 saturated heterocycles. The average molecular weight is 279 g/mol. The summed E-state index contributed by atoms with van der Waals surface area (Å²) in [5.74, 6) is 0. The van der Waals surface area contributed by atoms with Crippen molar-refractivity contribution in [1.82, 2.24) is 14.9 Å². The summed E-state index contributed by atoms with van der Waals surface area (Å²) in [5, 5.41) is 6.37. The first-order chi connectivity index (χ1) is 8.92. The van der Waals surface area contributed by atoms with Gasteiger partial charge in [0.05, 0.1) is 11.9 Å². The van der Waals surface area contributed by atoms with E-state index in [4.69, 9.17) is 0 Å². The quantitative estimate of drug-likeness (QED) is 0.899. The van der Waals surface area contributed by atoms with Gasteiger partial charge in [-0.05, 0) is 31.9 Å². The molecular formula is C13H17N3O2S.